The van der Waals surface area contributed by atoms with Crippen LogP contribution in [0.3, 0.4) is 0 Å². The number of carbonyl (C=O) groups excluding carboxylic acids is 1. The third-order valence-electron chi connectivity index (χ3n) is 7.18. The number of rotatable bonds is 8. The molecule has 1 saturated carbocycles. The van der Waals surface area contributed by atoms with Crippen LogP contribution in [0.1, 0.15) is 36.9 Å². The highest BCUT2D eigenvalue weighted by Gasteiger charge is 2.53. The highest BCUT2D eigenvalue weighted by Crippen LogP contribution is 2.51. The second-order valence-corrected chi connectivity index (χ2v) is 9.98. The van der Waals surface area contributed by atoms with Crippen LogP contribution < -0.4 is 15.4 Å². The minimum Gasteiger partial charge on any atom is -0.494 e. The summed E-state index contributed by atoms with van der Waals surface area (Å²) in [5.74, 6) is 0.242. The Morgan fingerprint density at radius 2 is 2.03 bits per heavy atom. The molecule has 1 saturated heterocycles. The Balaban J connectivity index is 0.000000286. The van der Waals surface area contributed by atoms with Gasteiger partial charge >= 0.3 is 5.97 Å². The lowest BCUT2D eigenvalue weighted by molar-refractivity contribution is -0.144. The number of hydrogen-bond donors (Lipinski definition) is 3. The molecular weight excluding hydrogens is 463 g/mol. The van der Waals surface area contributed by atoms with Crippen LogP contribution >= 0.6 is 0 Å². The van der Waals surface area contributed by atoms with Gasteiger partial charge in [-0.2, -0.15) is 0 Å². The molecule has 1 aromatic heterocycles. The number of pyridine rings is 1. The number of benzene rings is 1. The van der Waals surface area contributed by atoms with E-state index in [2.05, 4.69) is 32.4 Å². The number of carboxylic acids is 1. The van der Waals surface area contributed by atoms with E-state index in [4.69, 9.17) is 10.1 Å². The van der Waals surface area contributed by atoms with Gasteiger partial charge in [0.05, 0.1) is 13.5 Å². The summed E-state index contributed by atoms with van der Waals surface area (Å²) in [7, 11) is 1.44. The minimum absolute atomic E-state index is 0.0103. The van der Waals surface area contributed by atoms with Crippen molar-refractivity contribution in [3.8, 4) is 5.75 Å². The van der Waals surface area contributed by atoms with Gasteiger partial charge in [-0.05, 0) is 54.9 Å². The van der Waals surface area contributed by atoms with Gasteiger partial charge in [0, 0.05) is 50.8 Å². The van der Waals surface area contributed by atoms with Gasteiger partial charge < -0.3 is 25.4 Å². The number of para-hydroxylation sites is 1. The first kappa shape index (κ1) is 25.9. The number of likely N-dealkylation sites (tertiary alicyclic amines) is 1. The van der Waals surface area contributed by atoms with Gasteiger partial charge in [-0.3, -0.25) is 9.59 Å². The van der Waals surface area contributed by atoms with Crippen LogP contribution in [0.4, 0.5) is 10.2 Å². The van der Waals surface area contributed by atoms with Gasteiger partial charge in [0.15, 0.2) is 11.6 Å². The molecule has 5 rings (SSSR count). The smallest absolute Gasteiger partial charge is 0.305 e. The zero-order valence-electron chi connectivity index (χ0n) is 20.8. The predicted octanol–water partition coefficient (Wildman–Crippen LogP) is 3.12. The number of anilines is 1. The molecule has 2 fully saturated rings. The molecule has 194 valence electrons. The number of carboxylic acid groups (broad SMARTS) is 1. The summed E-state index contributed by atoms with van der Waals surface area (Å²) in [5.41, 5.74) is 2.79. The Kier molecular flexibility index (Phi) is 8.40. The van der Waals surface area contributed by atoms with Crippen molar-refractivity contribution in [2.45, 2.75) is 38.5 Å². The molecule has 0 atom stereocenters. The van der Waals surface area contributed by atoms with Crippen molar-refractivity contribution in [3.05, 3.63) is 53.5 Å². The van der Waals surface area contributed by atoms with Gasteiger partial charge in [-0.15, -0.1) is 0 Å². The summed E-state index contributed by atoms with van der Waals surface area (Å²) in [5, 5.41) is 14.7. The van der Waals surface area contributed by atoms with E-state index in [9.17, 15) is 14.0 Å². The van der Waals surface area contributed by atoms with E-state index in [1.165, 1.54) is 25.2 Å². The normalized spacial score (nSPS) is 17.9. The fourth-order valence-electron chi connectivity index (χ4n) is 5.32. The summed E-state index contributed by atoms with van der Waals surface area (Å²) in [4.78, 5) is 29.7. The number of ether oxygens (including phenoxy) is 1. The molecule has 3 heterocycles. The molecule has 2 aromatic rings. The van der Waals surface area contributed by atoms with E-state index in [0.29, 0.717) is 5.41 Å². The molecule has 3 N–H and O–H groups in total. The van der Waals surface area contributed by atoms with E-state index < -0.39 is 5.97 Å². The molecule has 1 amide bonds. The van der Waals surface area contributed by atoms with Crippen molar-refractivity contribution in [2.75, 3.05) is 45.2 Å². The standard InChI is InChI=1S/C20H28N4O3.C7H7FO/c25-17(26)5-8-22-19(27)15-10-20(11-15)12-24(13-20)9-6-16-4-3-14-2-1-7-21-18(14)23-16;1-9-7-5-3-2-4-6(7)8/h3-4,15H,1-2,5-13H2,(H,21,23)(H,22,27)(H,25,26);2-5H,1H3. The summed E-state index contributed by atoms with van der Waals surface area (Å²) >= 11 is 0. The maximum atomic E-state index is 12.5. The third-order valence-corrected chi connectivity index (χ3v) is 7.18. The average molecular weight is 499 g/mol. The molecule has 2 aliphatic heterocycles. The van der Waals surface area contributed by atoms with E-state index >= 15 is 0 Å². The molecule has 3 aliphatic rings. The van der Waals surface area contributed by atoms with Gasteiger partial charge in [0.2, 0.25) is 5.91 Å². The van der Waals surface area contributed by atoms with Crippen molar-refractivity contribution >= 4 is 17.7 Å². The molecule has 0 bridgehead atoms. The SMILES string of the molecule is COc1ccccc1F.O=C(O)CCNC(=O)C1CC2(C1)CN(CCc1ccc3c(n1)NCCC3)C2. The largest absolute Gasteiger partial charge is 0.494 e. The number of fused-ring (bicyclic) bond motifs is 1. The summed E-state index contributed by atoms with van der Waals surface area (Å²) in [6.07, 6.45) is 5.12. The van der Waals surface area contributed by atoms with Crippen molar-refractivity contribution in [1.82, 2.24) is 15.2 Å². The molecule has 1 spiro atoms. The first-order valence-electron chi connectivity index (χ1n) is 12.6. The number of nitrogens with zero attached hydrogens (tertiary/aromatic N) is 2. The van der Waals surface area contributed by atoms with E-state index in [1.807, 2.05) is 0 Å². The molecule has 36 heavy (non-hydrogen) atoms. The number of aliphatic carboxylic acids is 1. The van der Waals surface area contributed by atoms with Gasteiger partial charge in [-0.1, -0.05) is 18.2 Å². The van der Waals surface area contributed by atoms with Gasteiger partial charge in [-0.25, -0.2) is 9.37 Å². The van der Waals surface area contributed by atoms with E-state index in [-0.39, 0.29) is 36.4 Å². The second kappa shape index (κ2) is 11.7. The Bertz CT molecular complexity index is 1070. The van der Waals surface area contributed by atoms with Crippen molar-refractivity contribution in [1.29, 1.82) is 0 Å². The topological polar surface area (TPSA) is 104 Å². The summed E-state index contributed by atoms with van der Waals surface area (Å²) < 4.78 is 17.1. The van der Waals surface area contributed by atoms with Crippen LogP contribution in [0.2, 0.25) is 0 Å². The van der Waals surface area contributed by atoms with Crippen LogP contribution in [0.15, 0.2) is 36.4 Å². The van der Waals surface area contributed by atoms with Crippen LogP contribution in [0, 0.1) is 17.2 Å². The highest BCUT2D eigenvalue weighted by molar-refractivity contribution is 5.80. The summed E-state index contributed by atoms with van der Waals surface area (Å²) in [6.45, 7) is 4.39. The monoisotopic (exact) mass is 498 g/mol. The van der Waals surface area contributed by atoms with Crippen LogP contribution in [0.5, 0.6) is 5.75 Å². The van der Waals surface area contributed by atoms with E-state index in [0.717, 1.165) is 63.4 Å². The van der Waals surface area contributed by atoms with Crippen molar-refractivity contribution in [3.63, 3.8) is 0 Å². The fourth-order valence-corrected chi connectivity index (χ4v) is 5.32. The lowest BCUT2D eigenvalue weighted by Crippen LogP contribution is -2.64. The molecule has 1 aromatic carbocycles. The number of aryl methyl sites for hydroxylation is 1. The Labute approximate surface area is 211 Å². The maximum Gasteiger partial charge on any atom is 0.305 e. The number of nitrogens with one attached hydrogen (secondary N) is 2. The lowest BCUT2D eigenvalue weighted by Gasteiger charge is -2.58. The number of hydrogen-bond acceptors (Lipinski definition) is 6. The predicted molar refractivity (Wildman–Crippen MR) is 135 cm³/mol. The number of carbonyl (C=O) groups is 2. The molecular formula is C27H35FN4O4. The zero-order valence-corrected chi connectivity index (χ0v) is 20.8. The van der Waals surface area contributed by atoms with E-state index in [1.54, 1.807) is 18.2 Å². The van der Waals surface area contributed by atoms with Crippen molar-refractivity contribution < 1.29 is 23.8 Å². The van der Waals surface area contributed by atoms with Crippen LogP contribution in [0.25, 0.3) is 0 Å². The molecule has 0 unspecified atom stereocenters. The molecule has 8 nitrogen and oxygen atoms in total. The number of aromatic nitrogens is 1. The average Bonchev–Trinajstić information content (AvgIpc) is 2.82. The van der Waals surface area contributed by atoms with Crippen LogP contribution in [-0.2, 0) is 22.4 Å². The number of amides is 1. The Morgan fingerprint density at radius 1 is 1.25 bits per heavy atom. The van der Waals surface area contributed by atoms with Crippen molar-refractivity contribution in [2.24, 2.45) is 11.3 Å². The molecule has 1 aliphatic carbocycles. The molecule has 0 radical (unpaired) electrons. The Hall–Kier alpha value is -3.20. The number of methoxy groups -OCH3 is 1. The number of halogens is 1. The highest BCUT2D eigenvalue weighted by atomic mass is 19.1. The first-order chi connectivity index (χ1) is 17.4. The van der Waals surface area contributed by atoms with Crippen LogP contribution in [-0.4, -0.2) is 66.7 Å². The van der Waals surface area contributed by atoms with Gasteiger partial charge in [0.1, 0.15) is 5.82 Å². The van der Waals surface area contributed by atoms with Gasteiger partial charge in [0.25, 0.3) is 0 Å². The Morgan fingerprint density at radius 3 is 2.72 bits per heavy atom. The zero-order chi connectivity index (χ0) is 25.5. The fraction of sp³-hybridized carbons (Fsp3) is 0.519. The quantitative estimate of drug-likeness (QED) is 0.514. The summed E-state index contributed by atoms with van der Waals surface area (Å²) in [6, 6.07) is 10.6. The third kappa shape index (κ3) is 6.51. The lowest BCUT2D eigenvalue weighted by atomic mass is 9.57. The second-order valence-electron chi connectivity index (χ2n) is 9.98. The maximum absolute atomic E-state index is 12.5. The first-order valence-corrected chi connectivity index (χ1v) is 12.6. The molecule has 9 heteroatoms. The minimum atomic E-state index is -0.876.